The normalized spacial score (nSPS) is 11.1. The molecule has 0 saturated heterocycles. The molecule has 0 atom stereocenters. The van der Waals surface area contributed by atoms with Gasteiger partial charge in [-0.05, 0) is 62.2 Å². The van der Waals surface area contributed by atoms with Crippen molar-refractivity contribution in [3.05, 3.63) is 77.1 Å². The molecule has 0 aliphatic carbocycles. The number of hydrogen-bond donors (Lipinski definition) is 0. The van der Waals surface area contributed by atoms with Gasteiger partial charge in [-0.3, -0.25) is 4.68 Å². The molecule has 7 nitrogen and oxygen atoms in total. The van der Waals surface area contributed by atoms with Crippen molar-refractivity contribution in [2.24, 2.45) is 7.05 Å². The third-order valence-corrected chi connectivity index (χ3v) is 5.67. The van der Waals surface area contributed by atoms with E-state index in [1.165, 1.54) is 6.07 Å². The third-order valence-electron chi connectivity index (χ3n) is 5.67. The van der Waals surface area contributed by atoms with Crippen LogP contribution >= 0.6 is 0 Å². The topological polar surface area (TPSA) is 93.2 Å². The highest BCUT2D eigenvalue weighted by Crippen LogP contribution is 2.32. The number of halogens is 1. The summed E-state index contributed by atoms with van der Waals surface area (Å²) in [6.45, 7) is 5.70. The van der Waals surface area contributed by atoms with Crippen LogP contribution < -0.4 is 0 Å². The first-order valence-corrected chi connectivity index (χ1v) is 10.7. The standard InChI is InChI=1S/C26H20FN7/c1-14-7-18(20-12-29-34(4)13-20)10-19(8-14)25-32-23(21-6-5-17(11-28)9-22(21)27)24-26(33-25)31-16(3)15(2)30-24/h5-10,12-13H,1-4H3. The molecule has 0 aliphatic rings. The highest BCUT2D eigenvalue weighted by Gasteiger charge is 2.19. The number of aryl methyl sites for hydroxylation is 4. The Hall–Kier alpha value is -4.51. The van der Waals surface area contributed by atoms with Crippen molar-refractivity contribution < 1.29 is 4.39 Å². The van der Waals surface area contributed by atoms with Gasteiger partial charge in [0.1, 0.15) is 17.0 Å². The molecule has 5 rings (SSSR count). The lowest BCUT2D eigenvalue weighted by molar-refractivity contribution is 0.630. The molecule has 34 heavy (non-hydrogen) atoms. The average Bonchev–Trinajstić information content (AvgIpc) is 3.25. The van der Waals surface area contributed by atoms with Gasteiger partial charge in [0, 0.05) is 29.9 Å². The van der Waals surface area contributed by atoms with Crippen molar-refractivity contribution in [2.75, 3.05) is 0 Å². The van der Waals surface area contributed by atoms with Gasteiger partial charge in [-0.15, -0.1) is 0 Å². The van der Waals surface area contributed by atoms with Crippen LogP contribution in [0.25, 0.3) is 44.9 Å². The Bertz CT molecular complexity index is 1630. The summed E-state index contributed by atoms with van der Waals surface area (Å²) in [5.74, 6) is -0.136. The molecule has 3 aromatic heterocycles. The summed E-state index contributed by atoms with van der Waals surface area (Å²) >= 11 is 0. The lowest BCUT2D eigenvalue weighted by Gasteiger charge is -2.12. The lowest BCUT2D eigenvalue weighted by Crippen LogP contribution is -2.03. The molecule has 3 heterocycles. The van der Waals surface area contributed by atoms with E-state index in [9.17, 15) is 0 Å². The Balaban J connectivity index is 1.78. The maximum Gasteiger partial charge on any atom is 0.182 e. The first-order valence-electron chi connectivity index (χ1n) is 10.7. The monoisotopic (exact) mass is 449 g/mol. The largest absolute Gasteiger partial charge is 0.275 e. The fourth-order valence-corrected chi connectivity index (χ4v) is 3.86. The Morgan fingerprint density at radius 2 is 1.65 bits per heavy atom. The number of nitrogens with zero attached hydrogens (tertiary/aromatic N) is 7. The van der Waals surface area contributed by atoms with Crippen molar-refractivity contribution in [1.82, 2.24) is 29.7 Å². The van der Waals surface area contributed by atoms with Gasteiger partial charge in [0.15, 0.2) is 11.5 Å². The molecular formula is C26H20FN7. The predicted molar refractivity (Wildman–Crippen MR) is 127 cm³/mol. The molecule has 166 valence electrons. The maximum absolute atomic E-state index is 15.0. The zero-order valence-corrected chi connectivity index (χ0v) is 19.1. The van der Waals surface area contributed by atoms with Crippen LogP contribution in [-0.4, -0.2) is 29.7 Å². The van der Waals surface area contributed by atoms with Crippen molar-refractivity contribution in [3.8, 4) is 39.8 Å². The molecule has 8 heteroatoms. The first kappa shape index (κ1) is 21.3. The average molecular weight is 449 g/mol. The molecule has 0 saturated carbocycles. The van der Waals surface area contributed by atoms with E-state index in [-0.39, 0.29) is 11.1 Å². The van der Waals surface area contributed by atoms with E-state index in [1.54, 1.807) is 23.0 Å². The second-order valence-corrected chi connectivity index (χ2v) is 8.26. The molecule has 0 fully saturated rings. The summed E-state index contributed by atoms with van der Waals surface area (Å²) in [7, 11) is 1.87. The van der Waals surface area contributed by atoms with Gasteiger partial charge in [0.2, 0.25) is 0 Å². The minimum absolute atomic E-state index is 0.234. The quantitative estimate of drug-likeness (QED) is 0.381. The van der Waals surface area contributed by atoms with Gasteiger partial charge in [-0.25, -0.2) is 24.3 Å². The Labute approximate surface area is 195 Å². The van der Waals surface area contributed by atoms with Crippen LogP contribution in [0.5, 0.6) is 0 Å². The number of rotatable bonds is 3. The summed E-state index contributed by atoms with van der Waals surface area (Å²) in [6.07, 6.45) is 3.74. The third kappa shape index (κ3) is 3.77. The SMILES string of the molecule is Cc1cc(-c2cnn(C)c2)cc(-c2nc(-c3ccc(C#N)cc3F)c3nc(C)c(C)nc3n2)c1. The van der Waals surface area contributed by atoms with Gasteiger partial charge < -0.3 is 0 Å². The predicted octanol–water partition coefficient (Wildman–Crippen LogP) is 5.09. The molecule has 0 aliphatic heterocycles. The second-order valence-electron chi connectivity index (χ2n) is 8.26. The van der Waals surface area contributed by atoms with Crippen LogP contribution in [0, 0.1) is 37.9 Å². The maximum atomic E-state index is 15.0. The van der Waals surface area contributed by atoms with Gasteiger partial charge in [-0.2, -0.15) is 10.4 Å². The van der Waals surface area contributed by atoms with E-state index < -0.39 is 5.82 Å². The number of aromatic nitrogens is 6. The summed E-state index contributed by atoms with van der Waals surface area (Å²) < 4.78 is 16.8. The zero-order chi connectivity index (χ0) is 24.0. The lowest BCUT2D eigenvalue weighted by atomic mass is 10.0. The molecule has 0 N–H and O–H groups in total. The smallest absolute Gasteiger partial charge is 0.182 e. The number of benzene rings is 2. The number of hydrogen-bond acceptors (Lipinski definition) is 6. The molecular weight excluding hydrogens is 429 g/mol. The minimum Gasteiger partial charge on any atom is -0.275 e. The van der Waals surface area contributed by atoms with Crippen molar-refractivity contribution in [3.63, 3.8) is 0 Å². The fraction of sp³-hybridized carbons (Fsp3) is 0.154. The van der Waals surface area contributed by atoms with E-state index in [4.69, 9.17) is 15.2 Å². The highest BCUT2D eigenvalue weighted by atomic mass is 19.1. The molecule has 2 aromatic carbocycles. The van der Waals surface area contributed by atoms with Gasteiger partial charge in [0.25, 0.3) is 0 Å². The molecule has 0 bridgehead atoms. The zero-order valence-electron chi connectivity index (χ0n) is 19.1. The van der Waals surface area contributed by atoms with Crippen LogP contribution in [0.1, 0.15) is 22.5 Å². The van der Waals surface area contributed by atoms with E-state index in [0.29, 0.717) is 28.4 Å². The van der Waals surface area contributed by atoms with E-state index in [2.05, 4.69) is 21.1 Å². The van der Waals surface area contributed by atoms with Gasteiger partial charge in [0.05, 0.1) is 29.2 Å². The molecule has 0 unspecified atom stereocenters. The molecule has 5 aromatic rings. The van der Waals surface area contributed by atoms with Crippen LogP contribution in [0.4, 0.5) is 4.39 Å². The number of fused-ring (bicyclic) bond motifs is 1. The van der Waals surface area contributed by atoms with Crippen LogP contribution in [0.3, 0.4) is 0 Å². The van der Waals surface area contributed by atoms with Crippen molar-refractivity contribution >= 4 is 11.2 Å². The van der Waals surface area contributed by atoms with Crippen LogP contribution in [-0.2, 0) is 7.05 Å². The van der Waals surface area contributed by atoms with E-state index in [0.717, 1.165) is 27.9 Å². The minimum atomic E-state index is -0.551. The van der Waals surface area contributed by atoms with Crippen molar-refractivity contribution in [2.45, 2.75) is 20.8 Å². The number of nitriles is 1. The Morgan fingerprint density at radius 1 is 0.882 bits per heavy atom. The van der Waals surface area contributed by atoms with Crippen LogP contribution in [0.15, 0.2) is 48.8 Å². The summed E-state index contributed by atoms with van der Waals surface area (Å²) in [4.78, 5) is 18.7. The summed E-state index contributed by atoms with van der Waals surface area (Å²) in [6, 6.07) is 12.3. The molecule has 0 spiro atoms. The second kappa shape index (κ2) is 8.12. The summed E-state index contributed by atoms with van der Waals surface area (Å²) in [5.41, 5.74) is 6.81. The van der Waals surface area contributed by atoms with Crippen molar-refractivity contribution in [1.29, 1.82) is 5.26 Å². The summed E-state index contributed by atoms with van der Waals surface area (Å²) in [5, 5.41) is 13.4. The molecule has 0 radical (unpaired) electrons. The van der Waals surface area contributed by atoms with E-state index >= 15 is 4.39 Å². The fourth-order valence-electron chi connectivity index (χ4n) is 3.86. The van der Waals surface area contributed by atoms with Gasteiger partial charge >= 0.3 is 0 Å². The highest BCUT2D eigenvalue weighted by molar-refractivity contribution is 5.89. The Morgan fingerprint density at radius 3 is 2.35 bits per heavy atom. The van der Waals surface area contributed by atoms with Crippen LogP contribution in [0.2, 0.25) is 0 Å². The van der Waals surface area contributed by atoms with E-state index in [1.807, 2.05) is 52.2 Å². The van der Waals surface area contributed by atoms with Gasteiger partial charge in [-0.1, -0.05) is 6.07 Å². The Kier molecular flexibility index (Phi) is 5.10. The first-order chi connectivity index (χ1) is 16.3. The molecule has 0 amide bonds.